The molecule has 1 saturated carbocycles. The molecule has 0 amide bonds. The van der Waals surface area contributed by atoms with Crippen molar-refractivity contribution in [2.45, 2.75) is 38.4 Å². The smallest absolute Gasteiger partial charge is 0.101 e. The maximum Gasteiger partial charge on any atom is 0.127 e. The zero-order valence-electron chi connectivity index (χ0n) is 7.62. The van der Waals surface area contributed by atoms with Crippen LogP contribution in [0.5, 0.6) is 0 Å². The highest BCUT2D eigenvalue weighted by molar-refractivity contribution is 6.51. The molecule has 0 aromatic carbocycles. The van der Waals surface area contributed by atoms with E-state index in [9.17, 15) is 0 Å². The van der Waals surface area contributed by atoms with Gasteiger partial charge in [0.1, 0.15) is 4.33 Å². The third-order valence-corrected chi connectivity index (χ3v) is 4.83. The standard InChI is InChI=1S/C9H16Cl2/c1-5-8(6(2)3)7(4)9(8,10)11/h6-7H,5H2,1-4H3. The topological polar surface area (TPSA) is 0 Å². The summed E-state index contributed by atoms with van der Waals surface area (Å²) in [5.74, 6) is 1.03. The van der Waals surface area contributed by atoms with E-state index in [-0.39, 0.29) is 5.41 Å². The first kappa shape index (κ1) is 9.67. The molecule has 66 valence electrons. The molecule has 0 aromatic heterocycles. The summed E-state index contributed by atoms with van der Waals surface area (Å²) in [4.78, 5) is 0. The minimum absolute atomic E-state index is 0.177. The molecule has 2 heteroatoms. The van der Waals surface area contributed by atoms with E-state index in [0.717, 1.165) is 6.42 Å². The second-order valence-electron chi connectivity index (χ2n) is 3.89. The third-order valence-electron chi connectivity index (χ3n) is 3.47. The van der Waals surface area contributed by atoms with Gasteiger partial charge in [0, 0.05) is 5.41 Å². The molecule has 1 aliphatic carbocycles. The van der Waals surface area contributed by atoms with E-state index < -0.39 is 4.33 Å². The van der Waals surface area contributed by atoms with Gasteiger partial charge in [0.15, 0.2) is 0 Å². The van der Waals surface area contributed by atoms with Gasteiger partial charge in [-0.1, -0.05) is 27.7 Å². The highest BCUT2D eigenvalue weighted by Gasteiger charge is 2.73. The molecule has 0 radical (unpaired) electrons. The number of hydrogen-bond acceptors (Lipinski definition) is 0. The van der Waals surface area contributed by atoms with Gasteiger partial charge >= 0.3 is 0 Å². The normalized spacial score (nSPS) is 41.2. The van der Waals surface area contributed by atoms with Crippen molar-refractivity contribution in [1.82, 2.24) is 0 Å². The summed E-state index contributed by atoms with van der Waals surface area (Å²) in [7, 11) is 0. The van der Waals surface area contributed by atoms with Crippen molar-refractivity contribution in [3.05, 3.63) is 0 Å². The molecular formula is C9H16Cl2. The van der Waals surface area contributed by atoms with Crippen molar-refractivity contribution >= 4 is 23.2 Å². The highest BCUT2D eigenvalue weighted by atomic mass is 35.5. The Morgan fingerprint density at radius 2 is 1.73 bits per heavy atom. The van der Waals surface area contributed by atoms with Crippen molar-refractivity contribution in [2.75, 3.05) is 0 Å². The Hall–Kier alpha value is 0.580. The van der Waals surface area contributed by atoms with Crippen LogP contribution < -0.4 is 0 Å². The van der Waals surface area contributed by atoms with Crippen molar-refractivity contribution in [1.29, 1.82) is 0 Å². The Bertz CT molecular complexity index is 163. The molecule has 2 unspecified atom stereocenters. The summed E-state index contributed by atoms with van der Waals surface area (Å²) in [6, 6.07) is 0. The van der Waals surface area contributed by atoms with E-state index >= 15 is 0 Å². The summed E-state index contributed by atoms with van der Waals surface area (Å²) in [6.07, 6.45) is 1.08. The summed E-state index contributed by atoms with van der Waals surface area (Å²) in [6.45, 7) is 8.71. The van der Waals surface area contributed by atoms with Gasteiger partial charge in [0.2, 0.25) is 0 Å². The van der Waals surface area contributed by atoms with Crippen LogP contribution in [0.4, 0.5) is 0 Å². The Morgan fingerprint density at radius 3 is 1.73 bits per heavy atom. The Morgan fingerprint density at radius 1 is 1.36 bits per heavy atom. The number of hydrogen-bond donors (Lipinski definition) is 0. The van der Waals surface area contributed by atoms with Crippen LogP contribution in [0.2, 0.25) is 0 Å². The molecule has 0 spiro atoms. The minimum atomic E-state index is -0.462. The fourth-order valence-electron chi connectivity index (χ4n) is 2.50. The van der Waals surface area contributed by atoms with Crippen LogP contribution in [0.15, 0.2) is 0 Å². The van der Waals surface area contributed by atoms with Crippen LogP contribution >= 0.6 is 23.2 Å². The minimum Gasteiger partial charge on any atom is -0.101 e. The van der Waals surface area contributed by atoms with Gasteiger partial charge in [-0.15, -0.1) is 23.2 Å². The molecule has 0 aliphatic heterocycles. The van der Waals surface area contributed by atoms with Crippen LogP contribution in [0.1, 0.15) is 34.1 Å². The van der Waals surface area contributed by atoms with Crippen molar-refractivity contribution in [3.63, 3.8) is 0 Å². The number of halogens is 2. The fraction of sp³-hybridized carbons (Fsp3) is 1.00. The van der Waals surface area contributed by atoms with E-state index in [2.05, 4.69) is 27.7 Å². The molecule has 0 heterocycles. The molecule has 0 saturated heterocycles. The lowest BCUT2D eigenvalue weighted by molar-refractivity contribution is 0.316. The van der Waals surface area contributed by atoms with Crippen molar-refractivity contribution in [3.8, 4) is 0 Å². The van der Waals surface area contributed by atoms with E-state index in [0.29, 0.717) is 11.8 Å². The number of alkyl halides is 2. The van der Waals surface area contributed by atoms with E-state index in [1.165, 1.54) is 0 Å². The fourth-order valence-corrected chi connectivity index (χ4v) is 3.81. The summed E-state index contributed by atoms with van der Waals surface area (Å²) in [5.41, 5.74) is 0.177. The quantitative estimate of drug-likeness (QED) is 0.587. The average Bonchev–Trinajstić information content (AvgIpc) is 2.30. The van der Waals surface area contributed by atoms with Gasteiger partial charge in [-0.05, 0) is 18.3 Å². The Labute approximate surface area is 79.3 Å². The molecule has 0 bridgehead atoms. The second kappa shape index (κ2) is 2.53. The number of rotatable bonds is 2. The van der Waals surface area contributed by atoms with Crippen LogP contribution in [-0.2, 0) is 0 Å². The average molecular weight is 195 g/mol. The predicted octanol–water partition coefficient (Wildman–Crippen LogP) is 3.86. The zero-order valence-corrected chi connectivity index (χ0v) is 9.13. The van der Waals surface area contributed by atoms with Crippen LogP contribution in [0.25, 0.3) is 0 Å². The van der Waals surface area contributed by atoms with E-state index in [1.54, 1.807) is 0 Å². The zero-order chi connectivity index (χ0) is 8.86. The summed E-state index contributed by atoms with van der Waals surface area (Å²) >= 11 is 12.4. The van der Waals surface area contributed by atoms with Gasteiger partial charge in [-0.3, -0.25) is 0 Å². The van der Waals surface area contributed by atoms with Gasteiger partial charge in [-0.25, -0.2) is 0 Å². The predicted molar refractivity (Wildman–Crippen MR) is 51.2 cm³/mol. The van der Waals surface area contributed by atoms with E-state index in [4.69, 9.17) is 23.2 Å². The Balaban J connectivity index is 2.84. The highest BCUT2D eigenvalue weighted by Crippen LogP contribution is 2.73. The summed E-state index contributed by atoms with van der Waals surface area (Å²) < 4.78 is -0.462. The van der Waals surface area contributed by atoms with Crippen LogP contribution in [-0.4, -0.2) is 4.33 Å². The monoisotopic (exact) mass is 194 g/mol. The van der Waals surface area contributed by atoms with Crippen LogP contribution in [0.3, 0.4) is 0 Å². The maximum atomic E-state index is 6.18. The molecule has 11 heavy (non-hydrogen) atoms. The lowest BCUT2D eigenvalue weighted by Gasteiger charge is -2.20. The molecule has 1 aliphatic rings. The molecule has 1 fully saturated rings. The van der Waals surface area contributed by atoms with Crippen molar-refractivity contribution in [2.24, 2.45) is 17.3 Å². The molecule has 0 N–H and O–H groups in total. The van der Waals surface area contributed by atoms with Crippen LogP contribution in [0, 0.1) is 17.3 Å². The molecular weight excluding hydrogens is 179 g/mol. The van der Waals surface area contributed by atoms with Crippen molar-refractivity contribution < 1.29 is 0 Å². The lowest BCUT2D eigenvalue weighted by atomic mass is 9.87. The first-order valence-electron chi connectivity index (χ1n) is 4.29. The molecule has 0 aromatic rings. The lowest BCUT2D eigenvalue weighted by Crippen LogP contribution is -2.16. The largest absolute Gasteiger partial charge is 0.127 e. The molecule has 0 nitrogen and oxygen atoms in total. The third kappa shape index (κ3) is 0.954. The first-order chi connectivity index (χ1) is 4.91. The maximum absolute atomic E-state index is 6.18. The van der Waals surface area contributed by atoms with Gasteiger partial charge in [-0.2, -0.15) is 0 Å². The van der Waals surface area contributed by atoms with Gasteiger partial charge in [0.05, 0.1) is 0 Å². The van der Waals surface area contributed by atoms with Gasteiger partial charge in [0.25, 0.3) is 0 Å². The Kier molecular flexibility index (Phi) is 2.23. The van der Waals surface area contributed by atoms with E-state index in [1.807, 2.05) is 0 Å². The second-order valence-corrected chi connectivity index (χ2v) is 5.28. The summed E-state index contributed by atoms with van der Waals surface area (Å²) in [5, 5.41) is 0. The molecule has 2 atom stereocenters. The SMILES string of the molecule is CCC1(C(C)C)C(C)C1(Cl)Cl. The first-order valence-corrected chi connectivity index (χ1v) is 5.04. The van der Waals surface area contributed by atoms with Gasteiger partial charge < -0.3 is 0 Å². The molecule has 1 rings (SSSR count).